The van der Waals surface area contributed by atoms with Crippen molar-refractivity contribution in [1.29, 1.82) is 0 Å². The lowest BCUT2D eigenvalue weighted by atomic mass is 9.95. The van der Waals surface area contributed by atoms with E-state index in [0.29, 0.717) is 30.8 Å². The summed E-state index contributed by atoms with van der Waals surface area (Å²) in [6.45, 7) is 10.4. The summed E-state index contributed by atoms with van der Waals surface area (Å²) in [5, 5.41) is 12.2. The van der Waals surface area contributed by atoms with Crippen LogP contribution in [0.15, 0.2) is 42.5 Å². The Balaban J connectivity index is 2.29. The Hall–Kier alpha value is -2.66. The van der Waals surface area contributed by atoms with Gasteiger partial charge in [-0.05, 0) is 43.5 Å². The SMILES string of the molecule is Cc1ccc(CN(CCCO)C(=O)c2cccc(NC(=O)C(C)(C)C)c2C)cc1. The highest BCUT2D eigenvalue weighted by Gasteiger charge is 2.24. The standard InChI is InChI=1S/C24H32N2O3/c1-17-10-12-19(13-11-17)16-26(14-7-15-27)22(28)20-8-6-9-21(18(20)2)25-23(29)24(3,4)5/h6,8-13,27H,7,14-16H2,1-5H3,(H,25,29). The van der Waals surface area contributed by atoms with Crippen molar-refractivity contribution in [3.05, 3.63) is 64.7 Å². The van der Waals surface area contributed by atoms with Crippen LogP contribution in [0.2, 0.25) is 0 Å². The van der Waals surface area contributed by atoms with Crippen LogP contribution in [0.25, 0.3) is 0 Å². The van der Waals surface area contributed by atoms with Crippen molar-refractivity contribution in [2.75, 3.05) is 18.5 Å². The first-order valence-corrected chi connectivity index (χ1v) is 10.00. The van der Waals surface area contributed by atoms with E-state index in [1.54, 1.807) is 17.0 Å². The second-order valence-electron chi connectivity index (χ2n) is 8.47. The van der Waals surface area contributed by atoms with E-state index in [4.69, 9.17) is 0 Å². The van der Waals surface area contributed by atoms with Gasteiger partial charge in [-0.2, -0.15) is 0 Å². The Kier molecular flexibility index (Phi) is 7.57. The van der Waals surface area contributed by atoms with Crippen molar-refractivity contribution in [1.82, 2.24) is 4.90 Å². The Morgan fingerprint density at radius 1 is 1.03 bits per heavy atom. The average molecular weight is 397 g/mol. The zero-order valence-corrected chi connectivity index (χ0v) is 18.1. The molecular weight excluding hydrogens is 364 g/mol. The largest absolute Gasteiger partial charge is 0.396 e. The molecule has 156 valence electrons. The Bertz CT molecular complexity index is 851. The van der Waals surface area contributed by atoms with E-state index in [9.17, 15) is 14.7 Å². The Labute approximate surface area is 173 Å². The molecule has 0 unspecified atom stereocenters. The van der Waals surface area contributed by atoms with Gasteiger partial charge in [0.2, 0.25) is 5.91 Å². The lowest BCUT2D eigenvalue weighted by Crippen LogP contribution is -2.33. The molecule has 2 amide bonds. The number of aliphatic hydroxyl groups excluding tert-OH is 1. The van der Waals surface area contributed by atoms with Crippen molar-refractivity contribution < 1.29 is 14.7 Å². The molecule has 0 aliphatic rings. The number of rotatable bonds is 7. The number of carbonyl (C=O) groups excluding carboxylic acids is 2. The van der Waals surface area contributed by atoms with Crippen LogP contribution in [-0.4, -0.2) is 35.0 Å². The molecule has 0 bridgehead atoms. The van der Waals surface area contributed by atoms with Crippen molar-refractivity contribution in [2.24, 2.45) is 5.41 Å². The van der Waals surface area contributed by atoms with E-state index < -0.39 is 5.41 Å². The zero-order chi connectivity index (χ0) is 21.6. The molecular formula is C24H32N2O3. The summed E-state index contributed by atoms with van der Waals surface area (Å²) >= 11 is 0. The minimum Gasteiger partial charge on any atom is -0.396 e. The van der Waals surface area contributed by atoms with Crippen LogP contribution < -0.4 is 5.32 Å². The van der Waals surface area contributed by atoms with Gasteiger partial charge in [-0.3, -0.25) is 9.59 Å². The molecule has 29 heavy (non-hydrogen) atoms. The molecule has 0 fully saturated rings. The number of hydrogen-bond acceptors (Lipinski definition) is 3. The topological polar surface area (TPSA) is 69.6 Å². The van der Waals surface area contributed by atoms with Crippen molar-refractivity contribution in [2.45, 2.75) is 47.6 Å². The monoisotopic (exact) mass is 396 g/mol. The number of aliphatic hydroxyl groups is 1. The molecule has 0 aliphatic carbocycles. The fraction of sp³-hybridized carbons (Fsp3) is 0.417. The number of benzene rings is 2. The molecule has 0 aromatic heterocycles. The highest BCUT2D eigenvalue weighted by atomic mass is 16.3. The predicted molar refractivity (Wildman–Crippen MR) is 117 cm³/mol. The van der Waals surface area contributed by atoms with E-state index in [2.05, 4.69) is 5.32 Å². The highest BCUT2D eigenvalue weighted by Crippen LogP contribution is 2.24. The molecule has 2 rings (SSSR count). The smallest absolute Gasteiger partial charge is 0.254 e. The highest BCUT2D eigenvalue weighted by molar-refractivity contribution is 6.00. The predicted octanol–water partition coefficient (Wildman–Crippen LogP) is 4.31. The molecule has 0 atom stereocenters. The number of nitrogens with one attached hydrogen (secondary N) is 1. The van der Waals surface area contributed by atoms with Gasteiger partial charge in [0, 0.05) is 36.4 Å². The summed E-state index contributed by atoms with van der Waals surface area (Å²) in [4.78, 5) is 27.4. The van der Waals surface area contributed by atoms with Crippen molar-refractivity contribution in [3.8, 4) is 0 Å². The van der Waals surface area contributed by atoms with E-state index in [1.165, 1.54) is 5.56 Å². The van der Waals surface area contributed by atoms with Gasteiger partial charge in [-0.25, -0.2) is 0 Å². The van der Waals surface area contributed by atoms with Crippen molar-refractivity contribution in [3.63, 3.8) is 0 Å². The molecule has 5 nitrogen and oxygen atoms in total. The normalized spacial score (nSPS) is 11.2. The number of anilines is 1. The number of nitrogens with zero attached hydrogens (tertiary/aromatic N) is 1. The van der Waals surface area contributed by atoms with Gasteiger partial charge in [0.1, 0.15) is 0 Å². The van der Waals surface area contributed by atoms with Crippen molar-refractivity contribution >= 4 is 17.5 Å². The van der Waals surface area contributed by atoms with Gasteiger partial charge < -0.3 is 15.3 Å². The molecule has 5 heteroatoms. The van der Waals surface area contributed by atoms with Crippen LogP contribution in [0, 0.1) is 19.3 Å². The van der Waals surface area contributed by atoms with Gasteiger partial charge in [0.05, 0.1) is 0 Å². The summed E-state index contributed by atoms with van der Waals surface area (Å²) in [6, 6.07) is 13.5. The second-order valence-corrected chi connectivity index (χ2v) is 8.47. The number of carbonyl (C=O) groups is 2. The average Bonchev–Trinajstić information content (AvgIpc) is 2.67. The van der Waals surface area contributed by atoms with Gasteiger partial charge in [0.25, 0.3) is 5.91 Å². The minimum absolute atomic E-state index is 0.0261. The fourth-order valence-electron chi connectivity index (χ4n) is 2.91. The quantitative estimate of drug-likeness (QED) is 0.733. The summed E-state index contributed by atoms with van der Waals surface area (Å²) in [5.41, 5.74) is 3.63. The third-order valence-electron chi connectivity index (χ3n) is 4.86. The number of amides is 2. The molecule has 0 radical (unpaired) electrons. The lowest BCUT2D eigenvalue weighted by molar-refractivity contribution is -0.123. The van der Waals surface area contributed by atoms with E-state index >= 15 is 0 Å². The first-order chi connectivity index (χ1) is 13.6. The third-order valence-corrected chi connectivity index (χ3v) is 4.86. The molecule has 0 saturated carbocycles. The molecule has 2 aromatic carbocycles. The molecule has 0 spiro atoms. The summed E-state index contributed by atoms with van der Waals surface area (Å²) in [5.74, 6) is -0.203. The van der Waals surface area contributed by atoms with Crippen LogP contribution in [0.3, 0.4) is 0 Å². The second kappa shape index (κ2) is 9.70. The maximum absolute atomic E-state index is 13.3. The molecule has 0 heterocycles. The van der Waals surface area contributed by atoms with Crippen LogP contribution in [0.4, 0.5) is 5.69 Å². The van der Waals surface area contributed by atoms with Gasteiger partial charge in [-0.15, -0.1) is 0 Å². The molecule has 2 aromatic rings. The van der Waals surface area contributed by atoms with Crippen LogP contribution >= 0.6 is 0 Å². The number of aryl methyl sites for hydroxylation is 1. The van der Waals surface area contributed by atoms with E-state index in [1.807, 2.05) is 65.0 Å². The molecule has 0 saturated heterocycles. The van der Waals surface area contributed by atoms with Gasteiger partial charge in [0.15, 0.2) is 0 Å². The minimum atomic E-state index is -0.523. The van der Waals surface area contributed by atoms with Crippen LogP contribution in [0.5, 0.6) is 0 Å². The summed E-state index contributed by atoms with van der Waals surface area (Å²) in [6.07, 6.45) is 0.511. The zero-order valence-electron chi connectivity index (χ0n) is 18.1. The van der Waals surface area contributed by atoms with Gasteiger partial charge >= 0.3 is 0 Å². The third kappa shape index (κ3) is 6.16. The van der Waals surface area contributed by atoms with E-state index in [-0.39, 0.29) is 18.4 Å². The maximum Gasteiger partial charge on any atom is 0.254 e. The van der Waals surface area contributed by atoms with E-state index in [0.717, 1.165) is 11.1 Å². The maximum atomic E-state index is 13.3. The number of hydrogen-bond donors (Lipinski definition) is 2. The Morgan fingerprint density at radius 3 is 2.28 bits per heavy atom. The summed E-state index contributed by atoms with van der Waals surface area (Å²) in [7, 11) is 0. The lowest BCUT2D eigenvalue weighted by Gasteiger charge is -2.25. The first-order valence-electron chi connectivity index (χ1n) is 10.00. The van der Waals surface area contributed by atoms with Crippen LogP contribution in [0.1, 0.15) is 54.2 Å². The molecule has 2 N–H and O–H groups in total. The Morgan fingerprint density at radius 2 is 1.69 bits per heavy atom. The fourth-order valence-corrected chi connectivity index (χ4v) is 2.91. The van der Waals surface area contributed by atoms with Crippen LogP contribution in [-0.2, 0) is 11.3 Å². The molecule has 0 aliphatic heterocycles. The first kappa shape index (κ1) is 22.6. The summed E-state index contributed by atoms with van der Waals surface area (Å²) < 4.78 is 0. The van der Waals surface area contributed by atoms with Gasteiger partial charge in [-0.1, -0.05) is 56.7 Å².